The molecule has 5 nitrogen and oxygen atoms in total. The molecule has 2 unspecified atom stereocenters. The van der Waals surface area contributed by atoms with Crippen LogP contribution in [-0.2, 0) is 12.5 Å². The van der Waals surface area contributed by atoms with Gasteiger partial charge in [-0.05, 0) is 33.1 Å². The van der Waals surface area contributed by atoms with E-state index in [4.69, 9.17) is 4.52 Å². The Labute approximate surface area is 118 Å². The van der Waals surface area contributed by atoms with Gasteiger partial charge in [0.25, 0.3) is 0 Å². The van der Waals surface area contributed by atoms with E-state index >= 15 is 0 Å². The van der Waals surface area contributed by atoms with Crippen molar-refractivity contribution < 1.29 is 4.52 Å². The predicted molar refractivity (Wildman–Crippen MR) is 75.4 cm³/mol. The molecule has 0 saturated carbocycles. The first-order valence-electron chi connectivity index (χ1n) is 7.09. The Morgan fingerprint density at radius 1 is 1.45 bits per heavy atom. The van der Waals surface area contributed by atoms with Crippen molar-refractivity contribution in [2.45, 2.75) is 44.4 Å². The van der Waals surface area contributed by atoms with Gasteiger partial charge in [0.2, 0.25) is 5.89 Å². The average Bonchev–Trinajstić information content (AvgIpc) is 3.08. The van der Waals surface area contributed by atoms with Gasteiger partial charge >= 0.3 is 0 Å². The summed E-state index contributed by atoms with van der Waals surface area (Å²) in [6, 6.07) is 0. The molecule has 0 spiro atoms. The molecule has 3 rings (SSSR count). The van der Waals surface area contributed by atoms with Crippen LogP contribution in [0.1, 0.15) is 56.3 Å². The molecule has 0 radical (unpaired) electrons. The zero-order valence-electron chi connectivity index (χ0n) is 12.2. The maximum atomic E-state index is 5.48. The van der Waals surface area contributed by atoms with Crippen molar-refractivity contribution in [2.75, 3.05) is 0 Å². The molecule has 0 bridgehead atoms. The molecule has 2 aromatic heterocycles. The van der Waals surface area contributed by atoms with Crippen molar-refractivity contribution in [2.24, 2.45) is 7.05 Å². The van der Waals surface area contributed by atoms with Gasteiger partial charge in [-0.3, -0.25) is 4.68 Å². The van der Waals surface area contributed by atoms with Gasteiger partial charge in [-0.1, -0.05) is 17.3 Å². The van der Waals surface area contributed by atoms with Gasteiger partial charge in [0.05, 0.1) is 12.1 Å². The van der Waals surface area contributed by atoms with Crippen LogP contribution in [0.3, 0.4) is 0 Å². The van der Waals surface area contributed by atoms with Crippen LogP contribution in [0, 0.1) is 0 Å². The highest BCUT2D eigenvalue weighted by molar-refractivity contribution is 5.22. The molecule has 2 atom stereocenters. The van der Waals surface area contributed by atoms with Crippen LogP contribution in [0.15, 0.2) is 29.1 Å². The van der Waals surface area contributed by atoms with Gasteiger partial charge in [-0.2, -0.15) is 10.1 Å². The Morgan fingerprint density at radius 3 is 2.95 bits per heavy atom. The summed E-state index contributed by atoms with van der Waals surface area (Å²) in [7, 11) is 1.91. The highest BCUT2D eigenvalue weighted by Gasteiger charge is 2.31. The summed E-state index contributed by atoms with van der Waals surface area (Å²) in [5.74, 6) is 1.52. The second kappa shape index (κ2) is 4.89. The van der Waals surface area contributed by atoms with Crippen molar-refractivity contribution >= 4 is 0 Å². The third-order valence-corrected chi connectivity index (χ3v) is 4.10. The predicted octanol–water partition coefficient (Wildman–Crippen LogP) is 2.95. The molecule has 20 heavy (non-hydrogen) atoms. The van der Waals surface area contributed by atoms with Crippen molar-refractivity contribution in [3.8, 4) is 0 Å². The molecule has 0 amide bonds. The number of aromatic nitrogens is 4. The SMILES string of the molecule is CC(c1cnn(C)c1)c1nc(C2(C)C=CCCC2)no1. The third-order valence-electron chi connectivity index (χ3n) is 4.10. The molecule has 0 aliphatic heterocycles. The maximum absolute atomic E-state index is 5.48. The Bertz CT molecular complexity index is 627. The van der Waals surface area contributed by atoms with Crippen LogP contribution in [-0.4, -0.2) is 19.9 Å². The van der Waals surface area contributed by atoms with Crippen LogP contribution in [0.2, 0.25) is 0 Å². The summed E-state index contributed by atoms with van der Waals surface area (Å²) in [5, 5.41) is 8.39. The van der Waals surface area contributed by atoms with Crippen LogP contribution in [0.5, 0.6) is 0 Å². The lowest BCUT2D eigenvalue weighted by Gasteiger charge is -2.24. The summed E-state index contributed by atoms with van der Waals surface area (Å²) in [4.78, 5) is 4.63. The second-order valence-electron chi connectivity index (χ2n) is 5.84. The van der Waals surface area contributed by atoms with Gasteiger partial charge < -0.3 is 4.52 Å². The number of rotatable bonds is 3. The quantitative estimate of drug-likeness (QED) is 0.806. The van der Waals surface area contributed by atoms with Gasteiger partial charge in [-0.15, -0.1) is 0 Å². The van der Waals surface area contributed by atoms with E-state index in [-0.39, 0.29) is 11.3 Å². The van der Waals surface area contributed by atoms with Crippen molar-refractivity contribution in [1.82, 2.24) is 19.9 Å². The minimum absolute atomic E-state index is 0.0705. The smallest absolute Gasteiger partial charge is 0.234 e. The van der Waals surface area contributed by atoms with E-state index in [1.807, 2.05) is 19.4 Å². The Kier molecular flexibility index (Phi) is 3.20. The van der Waals surface area contributed by atoms with E-state index in [9.17, 15) is 0 Å². The fourth-order valence-electron chi connectivity index (χ4n) is 2.65. The van der Waals surface area contributed by atoms with Gasteiger partial charge in [0, 0.05) is 24.2 Å². The van der Waals surface area contributed by atoms with E-state index in [0.29, 0.717) is 5.89 Å². The Balaban J connectivity index is 1.86. The highest BCUT2D eigenvalue weighted by Crippen LogP contribution is 2.33. The summed E-state index contributed by atoms with van der Waals surface area (Å²) < 4.78 is 7.26. The molecule has 2 aromatic rings. The van der Waals surface area contributed by atoms with Crippen molar-refractivity contribution in [3.63, 3.8) is 0 Å². The third kappa shape index (κ3) is 2.28. The zero-order chi connectivity index (χ0) is 14.2. The molecule has 0 N–H and O–H groups in total. The van der Waals surface area contributed by atoms with Crippen molar-refractivity contribution in [3.05, 3.63) is 41.8 Å². The molecule has 2 heterocycles. The number of allylic oxidation sites excluding steroid dienone is 2. The first-order valence-corrected chi connectivity index (χ1v) is 7.09. The number of aryl methyl sites for hydroxylation is 1. The molecule has 0 saturated heterocycles. The summed E-state index contributed by atoms with van der Waals surface area (Å²) in [6.07, 6.45) is 11.6. The lowest BCUT2D eigenvalue weighted by atomic mass is 9.80. The Hall–Kier alpha value is -1.91. The van der Waals surface area contributed by atoms with Crippen LogP contribution >= 0.6 is 0 Å². The molecule has 1 aliphatic carbocycles. The van der Waals surface area contributed by atoms with E-state index in [1.54, 1.807) is 4.68 Å². The van der Waals surface area contributed by atoms with E-state index in [2.05, 4.69) is 41.2 Å². The zero-order valence-corrected chi connectivity index (χ0v) is 12.2. The average molecular weight is 272 g/mol. The molecule has 1 aliphatic rings. The van der Waals surface area contributed by atoms with E-state index in [1.165, 1.54) is 6.42 Å². The topological polar surface area (TPSA) is 56.7 Å². The number of nitrogens with zero attached hydrogens (tertiary/aromatic N) is 4. The lowest BCUT2D eigenvalue weighted by Crippen LogP contribution is -2.22. The molecular weight excluding hydrogens is 252 g/mol. The van der Waals surface area contributed by atoms with Gasteiger partial charge in [0.1, 0.15) is 0 Å². The van der Waals surface area contributed by atoms with E-state index < -0.39 is 0 Å². The Morgan fingerprint density at radius 2 is 2.30 bits per heavy atom. The standard InChI is InChI=1S/C15H20N4O/c1-11(12-9-16-19(3)10-12)13-17-14(18-20-13)15(2)7-5-4-6-8-15/h5,7,9-11H,4,6,8H2,1-3H3. The maximum Gasteiger partial charge on any atom is 0.234 e. The minimum atomic E-state index is -0.0886. The minimum Gasteiger partial charge on any atom is -0.339 e. The summed E-state index contributed by atoms with van der Waals surface area (Å²) in [6.45, 7) is 4.24. The molecule has 0 fully saturated rings. The monoisotopic (exact) mass is 272 g/mol. The fourth-order valence-corrected chi connectivity index (χ4v) is 2.65. The van der Waals surface area contributed by atoms with Gasteiger partial charge in [0.15, 0.2) is 5.82 Å². The fraction of sp³-hybridized carbons (Fsp3) is 0.533. The van der Waals surface area contributed by atoms with Gasteiger partial charge in [-0.25, -0.2) is 0 Å². The molecule has 5 heteroatoms. The van der Waals surface area contributed by atoms with E-state index in [0.717, 1.165) is 24.2 Å². The largest absolute Gasteiger partial charge is 0.339 e. The number of hydrogen-bond acceptors (Lipinski definition) is 4. The molecular formula is C15H20N4O. The lowest BCUT2D eigenvalue weighted by molar-refractivity contribution is 0.352. The molecule has 0 aromatic carbocycles. The van der Waals surface area contributed by atoms with Crippen LogP contribution in [0.25, 0.3) is 0 Å². The van der Waals surface area contributed by atoms with Crippen molar-refractivity contribution in [1.29, 1.82) is 0 Å². The first kappa shape index (κ1) is 13.1. The normalized spacial score (nSPS) is 23.9. The summed E-state index contributed by atoms with van der Waals surface area (Å²) in [5.41, 5.74) is 1.00. The molecule has 106 valence electrons. The second-order valence-corrected chi connectivity index (χ2v) is 5.84. The number of hydrogen-bond donors (Lipinski definition) is 0. The first-order chi connectivity index (χ1) is 9.58. The van der Waals surface area contributed by atoms with Crippen LogP contribution in [0.4, 0.5) is 0 Å². The highest BCUT2D eigenvalue weighted by atomic mass is 16.5. The van der Waals surface area contributed by atoms with Crippen LogP contribution < -0.4 is 0 Å². The summed E-state index contributed by atoms with van der Waals surface area (Å²) >= 11 is 0.